The second-order valence-electron chi connectivity index (χ2n) is 6.67. The zero-order chi connectivity index (χ0) is 17.5. The molecule has 0 aliphatic carbocycles. The summed E-state index contributed by atoms with van der Waals surface area (Å²) >= 11 is 0. The molecule has 1 saturated heterocycles. The molecule has 2 aliphatic heterocycles. The van der Waals surface area contributed by atoms with Crippen LogP contribution in [0.3, 0.4) is 0 Å². The number of hydrogen-bond donors (Lipinski definition) is 0. The predicted octanol–water partition coefficient (Wildman–Crippen LogP) is 3.25. The predicted molar refractivity (Wildman–Crippen MR) is 84.7 cm³/mol. The highest BCUT2D eigenvalue weighted by molar-refractivity contribution is 5.88. The van der Waals surface area contributed by atoms with Crippen molar-refractivity contribution in [1.82, 2.24) is 9.80 Å². The summed E-state index contributed by atoms with van der Waals surface area (Å²) in [4.78, 5) is 8.60. The van der Waals surface area contributed by atoms with Crippen molar-refractivity contribution in [3.05, 3.63) is 47.0 Å². The van der Waals surface area contributed by atoms with Crippen LogP contribution in [0.2, 0.25) is 0 Å². The lowest BCUT2D eigenvalue weighted by molar-refractivity contribution is 0.0698. The minimum Gasteiger partial charge on any atom is -0.473 e. The van der Waals surface area contributed by atoms with Crippen LogP contribution in [0.4, 0.5) is 13.2 Å². The summed E-state index contributed by atoms with van der Waals surface area (Å²) in [6.07, 6.45) is 2.81. The van der Waals surface area contributed by atoms with E-state index in [0.29, 0.717) is 18.6 Å². The topological polar surface area (TPSA) is 28.1 Å². The van der Waals surface area contributed by atoms with Gasteiger partial charge in [-0.3, -0.25) is 0 Å². The molecule has 4 nitrogen and oxygen atoms in total. The Morgan fingerprint density at radius 1 is 1.17 bits per heavy atom. The average Bonchev–Trinajstić information content (AvgIpc) is 2.53. The zero-order valence-corrected chi connectivity index (χ0v) is 13.9. The first-order valence-electron chi connectivity index (χ1n) is 7.79. The molecule has 0 unspecified atom stereocenters. The Labute approximate surface area is 139 Å². The lowest BCUT2D eigenvalue weighted by atomic mass is 9.95. The van der Waals surface area contributed by atoms with Gasteiger partial charge in [-0.05, 0) is 26.3 Å². The highest BCUT2D eigenvalue weighted by atomic mass is 19.2. The summed E-state index contributed by atoms with van der Waals surface area (Å²) in [5.74, 6) is -1.80. The largest absolute Gasteiger partial charge is 0.473 e. The number of fused-ring (bicyclic) bond motifs is 1. The Morgan fingerprint density at radius 3 is 2.62 bits per heavy atom. The Balaban J connectivity index is 1.73. The van der Waals surface area contributed by atoms with Crippen LogP contribution in [-0.2, 0) is 11.3 Å². The first-order valence-corrected chi connectivity index (χ1v) is 7.79. The minimum atomic E-state index is -1.21. The van der Waals surface area contributed by atoms with Gasteiger partial charge in [-0.25, -0.2) is 18.2 Å². The van der Waals surface area contributed by atoms with Crippen LogP contribution in [0, 0.1) is 17.5 Å². The van der Waals surface area contributed by atoms with E-state index in [0.717, 1.165) is 24.9 Å². The van der Waals surface area contributed by atoms with Crippen LogP contribution < -0.4 is 0 Å². The Kier molecular flexibility index (Phi) is 4.19. The molecule has 7 heteroatoms. The molecule has 0 N–H and O–H groups in total. The molecule has 2 aliphatic rings. The molecule has 0 aromatic heterocycles. The molecule has 1 aromatic rings. The molecule has 1 aromatic carbocycles. The second kappa shape index (κ2) is 6.03. The fourth-order valence-electron chi connectivity index (χ4n) is 2.77. The van der Waals surface area contributed by atoms with Crippen LogP contribution in [-0.4, -0.2) is 41.5 Å². The van der Waals surface area contributed by atoms with Gasteiger partial charge >= 0.3 is 0 Å². The lowest BCUT2D eigenvalue weighted by Crippen LogP contribution is -2.53. The van der Waals surface area contributed by atoms with Crippen molar-refractivity contribution in [2.24, 2.45) is 4.99 Å². The maximum Gasteiger partial charge on any atom is 0.214 e. The van der Waals surface area contributed by atoms with Crippen LogP contribution in [0.25, 0.3) is 0 Å². The maximum absolute atomic E-state index is 13.7. The summed E-state index contributed by atoms with van der Waals surface area (Å²) in [7, 11) is 2.01. The maximum atomic E-state index is 13.7. The highest BCUT2D eigenvalue weighted by Crippen LogP contribution is 2.31. The molecule has 0 saturated carbocycles. The van der Waals surface area contributed by atoms with E-state index in [1.165, 1.54) is 0 Å². The van der Waals surface area contributed by atoms with Gasteiger partial charge in [0.1, 0.15) is 24.9 Å². The first-order chi connectivity index (χ1) is 11.3. The fourth-order valence-corrected chi connectivity index (χ4v) is 2.77. The number of nitrogens with zero attached hydrogens (tertiary/aromatic N) is 3. The fraction of sp³-hybridized carbons (Fsp3) is 0.471. The Hall–Kier alpha value is -2.18. The van der Waals surface area contributed by atoms with Gasteiger partial charge in [-0.1, -0.05) is 0 Å². The van der Waals surface area contributed by atoms with Gasteiger partial charge in [0.05, 0.1) is 0 Å². The number of hydrogen-bond acceptors (Lipinski definition) is 4. The van der Waals surface area contributed by atoms with Gasteiger partial charge in [-0.15, -0.1) is 0 Å². The molecule has 0 bridgehead atoms. The van der Waals surface area contributed by atoms with Gasteiger partial charge in [0, 0.05) is 36.8 Å². The van der Waals surface area contributed by atoms with Crippen molar-refractivity contribution in [3.63, 3.8) is 0 Å². The Morgan fingerprint density at radius 2 is 1.88 bits per heavy atom. The van der Waals surface area contributed by atoms with E-state index in [9.17, 15) is 13.2 Å². The molecule has 130 valence electrons. The van der Waals surface area contributed by atoms with E-state index in [1.807, 2.05) is 7.05 Å². The third-order valence-corrected chi connectivity index (χ3v) is 4.68. The molecular formula is C17H20F3N3O. The van der Waals surface area contributed by atoms with Gasteiger partial charge in [-0.2, -0.15) is 0 Å². The van der Waals surface area contributed by atoms with Crippen LogP contribution >= 0.6 is 0 Å². The van der Waals surface area contributed by atoms with Crippen molar-refractivity contribution >= 4 is 5.90 Å². The molecule has 3 rings (SSSR count). The number of benzene rings is 1. The average molecular weight is 339 g/mol. The van der Waals surface area contributed by atoms with Gasteiger partial charge in [0.25, 0.3) is 0 Å². The summed E-state index contributed by atoms with van der Waals surface area (Å²) < 4.78 is 45.3. The summed E-state index contributed by atoms with van der Waals surface area (Å²) in [5, 5.41) is 0. The lowest BCUT2D eigenvalue weighted by Gasteiger charge is -2.49. The summed E-state index contributed by atoms with van der Waals surface area (Å²) in [6, 6.07) is 1.33. The number of halogens is 3. The molecule has 0 radical (unpaired) electrons. The highest BCUT2D eigenvalue weighted by Gasteiger charge is 2.34. The molecular weight excluding hydrogens is 319 g/mol. The summed E-state index contributed by atoms with van der Waals surface area (Å²) in [6.45, 7) is 5.47. The number of rotatable bonds is 2. The minimum absolute atomic E-state index is 0.0248. The molecule has 0 amide bonds. The first kappa shape index (κ1) is 16.7. The van der Waals surface area contributed by atoms with E-state index < -0.39 is 17.5 Å². The van der Waals surface area contributed by atoms with Crippen LogP contribution in [0.15, 0.2) is 29.0 Å². The van der Waals surface area contributed by atoms with E-state index in [1.54, 1.807) is 6.08 Å². The van der Waals surface area contributed by atoms with E-state index in [2.05, 4.69) is 28.6 Å². The van der Waals surface area contributed by atoms with Crippen molar-refractivity contribution in [2.75, 3.05) is 20.3 Å². The van der Waals surface area contributed by atoms with E-state index in [-0.39, 0.29) is 17.7 Å². The quantitative estimate of drug-likeness (QED) is 0.775. The monoisotopic (exact) mass is 339 g/mol. The summed E-state index contributed by atoms with van der Waals surface area (Å²) in [5.41, 5.74) is -0.0217. The van der Waals surface area contributed by atoms with Gasteiger partial charge in [0.15, 0.2) is 11.6 Å². The molecule has 0 spiro atoms. The number of aliphatic imine (C=N–C) groups is 1. The normalized spacial score (nSPS) is 19.6. The SMILES string of the molecule is CN1C2=CC(OCc3cc(F)c(F)cc3F)=NCN2CCC1(C)C. The van der Waals surface area contributed by atoms with Crippen molar-refractivity contribution in [1.29, 1.82) is 0 Å². The zero-order valence-electron chi connectivity index (χ0n) is 13.9. The third kappa shape index (κ3) is 3.07. The van der Waals surface area contributed by atoms with Crippen molar-refractivity contribution < 1.29 is 17.9 Å². The standard InChI is InChI=1S/C17H20F3N3O/c1-17(2)4-5-23-10-21-15(8-16(23)22(17)3)24-9-11-6-13(19)14(20)7-12(11)18/h6-8H,4-5,9-10H2,1-3H3. The second-order valence-corrected chi connectivity index (χ2v) is 6.67. The van der Waals surface area contributed by atoms with Crippen LogP contribution in [0.1, 0.15) is 25.8 Å². The van der Waals surface area contributed by atoms with E-state index >= 15 is 0 Å². The van der Waals surface area contributed by atoms with Crippen LogP contribution in [0.5, 0.6) is 0 Å². The molecule has 2 heterocycles. The third-order valence-electron chi connectivity index (χ3n) is 4.68. The van der Waals surface area contributed by atoms with Crippen molar-refractivity contribution in [3.8, 4) is 0 Å². The molecule has 0 atom stereocenters. The van der Waals surface area contributed by atoms with Gasteiger partial charge in [0.2, 0.25) is 5.90 Å². The smallest absolute Gasteiger partial charge is 0.214 e. The van der Waals surface area contributed by atoms with Crippen molar-refractivity contribution in [2.45, 2.75) is 32.4 Å². The molecule has 24 heavy (non-hydrogen) atoms. The Bertz CT molecular complexity index is 715. The van der Waals surface area contributed by atoms with Gasteiger partial charge < -0.3 is 14.5 Å². The number of ether oxygens (including phenoxy) is 1. The van der Waals surface area contributed by atoms with E-state index in [4.69, 9.17) is 4.74 Å². The molecule has 1 fully saturated rings.